The van der Waals surface area contributed by atoms with Gasteiger partial charge in [-0.15, -0.1) is 0 Å². The number of hydrogen-bond acceptors (Lipinski definition) is 5. The molecule has 4 rings (SSSR count). The van der Waals surface area contributed by atoms with E-state index in [1.807, 2.05) is 25.3 Å². The van der Waals surface area contributed by atoms with Crippen molar-refractivity contribution >= 4 is 48.0 Å². The van der Waals surface area contributed by atoms with E-state index in [2.05, 4.69) is 82.0 Å². The summed E-state index contributed by atoms with van der Waals surface area (Å²) in [4.78, 5) is 11.5. The average Bonchev–Trinajstić information content (AvgIpc) is 2.77. The second kappa shape index (κ2) is 9.10. The maximum atomic E-state index is 4.71. The van der Waals surface area contributed by atoms with E-state index in [0.717, 1.165) is 42.3 Å². The molecule has 152 valence electrons. The SMILES string of the molecule is C=[P+](C)c1ccccc1Nc1nc(Nc2ccc(N3CC=CCC3)cc2)ncc1C. The number of para-hydroxylation sites is 1. The summed E-state index contributed by atoms with van der Waals surface area (Å²) in [7, 11) is -0.458. The minimum atomic E-state index is -0.458. The van der Waals surface area contributed by atoms with Crippen LogP contribution >= 0.6 is 7.55 Å². The molecule has 2 N–H and O–H groups in total. The molecule has 1 aliphatic rings. The lowest BCUT2D eigenvalue weighted by atomic mass is 10.2. The molecule has 0 spiro atoms. The lowest BCUT2D eigenvalue weighted by molar-refractivity contribution is 0.821. The van der Waals surface area contributed by atoms with Crippen molar-refractivity contribution in [1.29, 1.82) is 0 Å². The van der Waals surface area contributed by atoms with Gasteiger partial charge in [-0.25, -0.2) is 4.98 Å². The molecule has 1 aliphatic heterocycles. The first-order valence-electron chi connectivity index (χ1n) is 10.1. The fraction of sp³-hybridized carbons (Fsp3) is 0.208. The van der Waals surface area contributed by atoms with Crippen molar-refractivity contribution in [1.82, 2.24) is 9.97 Å². The van der Waals surface area contributed by atoms with Gasteiger partial charge in [0.05, 0.1) is 12.0 Å². The molecule has 0 bridgehead atoms. The molecule has 1 unspecified atom stereocenters. The van der Waals surface area contributed by atoms with Crippen LogP contribution in [0.25, 0.3) is 0 Å². The summed E-state index contributed by atoms with van der Waals surface area (Å²) in [6.07, 6.45) is 11.6. The van der Waals surface area contributed by atoms with Gasteiger partial charge in [-0.3, -0.25) is 0 Å². The Hall–Kier alpha value is -3.17. The summed E-state index contributed by atoms with van der Waals surface area (Å²) in [5, 5.41) is 8.02. The largest absolute Gasteiger partial charge is 0.367 e. The standard InChI is InChI=1S/C24H27N5P/c1-18-17-25-24(28-23(18)27-21-9-5-6-10-22(21)30(2)3)26-19-11-13-20(14-12-19)29-15-7-4-8-16-29/h4-7,9-14,17H,2,8,15-16H2,1,3H3,(H2,25,26,27,28)/q+1. The van der Waals surface area contributed by atoms with Crippen LogP contribution in [0.2, 0.25) is 0 Å². The second-order valence-corrected chi connectivity index (χ2v) is 9.32. The van der Waals surface area contributed by atoms with Gasteiger partial charge >= 0.3 is 0 Å². The highest BCUT2D eigenvalue weighted by Crippen LogP contribution is 2.25. The normalized spacial score (nSPS) is 13.8. The molecular formula is C24H27N5P+. The van der Waals surface area contributed by atoms with Crippen LogP contribution in [0.3, 0.4) is 0 Å². The Bertz CT molecular complexity index is 1080. The predicted octanol–water partition coefficient (Wildman–Crippen LogP) is 5.21. The fourth-order valence-corrected chi connectivity index (χ4v) is 4.31. The third kappa shape index (κ3) is 4.69. The number of hydrogen-bond donors (Lipinski definition) is 2. The Kier molecular flexibility index (Phi) is 6.10. The predicted molar refractivity (Wildman–Crippen MR) is 132 cm³/mol. The summed E-state index contributed by atoms with van der Waals surface area (Å²) >= 11 is 0. The summed E-state index contributed by atoms with van der Waals surface area (Å²) in [5.41, 5.74) is 4.25. The Morgan fingerprint density at radius 1 is 1.03 bits per heavy atom. The number of nitrogens with one attached hydrogen (secondary N) is 2. The van der Waals surface area contributed by atoms with Crippen LogP contribution in [-0.4, -0.2) is 36.0 Å². The molecule has 1 aromatic heterocycles. The van der Waals surface area contributed by atoms with E-state index in [1.54, 1.807) is 0 Å². The van der Waals surface area contributed by atoms with Crippen molar-refractivity contribution in [3.8, 4) is 0 Å². The summed E-state index contributed by atoms with van der Waals surface area (Å²) in [5.74, 6) is 1.37. The molecule has 0 amide bonds. The number of rotatable bonds is 6. The molecule has 1 atom stereocenters. The first kappa shape index (κ1) is 20.1. The molecule has 0 radical (unpaired) electrons. The van der Waals surface area contributed by atoms with Gasteiger partial charge in [0, 0.05) is 36.2 Å². The lowest BCUT2D eigenvalue weighted by Gasteiger charge is -2.25. The summed E-state index contributed by atoms with van der Waals surface area (Å²) in [6.45, 7) is 6.20. The van der Waals surface area contributed by atoms with E-state index in [4.69, 9.17) is 4.98 Å². The summed E-state index contributed by atoms with van der Waals surface area (Å²) < 4.78 is 0. The number of nitrogens with zero attached hydrogens (tertiary/aromatic N) is 3. The lowest BCUT2D eigenvalue weighted by Crippen LogP contribution is -2.26. The zero-order valence-electron chi connectivity index (χ0n) is 17.5. The molecule has 0 saturated heterocycles. The van der Waals surface area contributed by atoms with E-state index in [-0.39, 0.29) is 0 Å². The van der Waals surface area contributed by atoms with Crippen LogP contribution in [0.15, 0.2) is 66.9 Å². The van der Waals surface area contributed by atoms with E-state index in [0.29, 0.717) is 5.95 Å². The molecule has 6 heteroatoms. The monoisotopic (exact) mass is 416 g/mol. The Balaban J connectivity index is 1.51. The van der Waals surface area contributed by atoms with Crippen LogP contribution in [0.5, 0.6) is 0 Å². The van der Waals surface area contributed by atoms with E-state index >= 15 is 0 Å². The highest BCUT2D eigenvalue weighted by molar-refractivity contribution is 7.63. The number of anilines is 5. The molecule has 0 fully saturated rings. The molecule has 0 aliphatic carbocycles. The number of aryl methyl sites for hydroxylation is 1. The van der Waals surface area contributed by atoms with Gasteiger partial charge in [0.2, 0.25) is 5.95 Å². The molecule has 2 heterocycles. The van der Waals surface area contributed by atoms with Crippen molar-refractivity contribution < 1.29 is 0 Å². The molecular weight excluding hydrogens is 389 g/mol. The molecule has 2 aromatic carbocycles. The number of aromatic nitrogens is 2. The van der Waals surface area contributed by atoms with Crippen LogP contribution < -0.4 is 20.8 Å². The van der Waals surface area contributed by atoms with Crippen molar-refractivity contribution in [3.63, 3.8) is 0 Å². The van der Waals surface area contributed by atoms with Gasteiger partial charge in [0.1, 0.15) is 20.0 Å². The van der Waals surface area contributed by atoms with Crippen LogP contribution in [-0.2, 0) is 0 Å². The minimum Gasteiger partial charge on any atom is -0.367 e. The van der Waals surface area contributed by atoms with Crippen molar-refractivity contribution in [2.24, 2.45) is 0 Å². The van der Waals surface area contributed by atoms with Crippen molar-refractivity contribution in [2.45, 2.75) is 13.3 Å². The Morgan fingerprint density at radius 3 is 2.57 bits per heavy atom. The Morgan fingerprint density at radius 2 is 1.83 bits per heavy atom. The average molecular weight is 416 g/mol. The van der Waals surface area contributed by atoms with Gasteiger partial charge in [-0.2, -0.15) is 4.98 Å². The Labute approximate surface area is 179 Å². The van der Waals surface area contributed by atoms with Gasteiger partial charge < -0.3 is 15.5 Å². The second-order valence-electron chi connectivity index (χ2n) is 7.44. The molecule has 5 nitrogen and oxygen atoms in total. The van der Waals surface area contributed by atoms with Gasteiger partial charge in [0.15, 0.2) is 5.30 Å². The third-order valence-corrected chi connectivity index (χ3v) is 6.30. The van der Waals surface area contributed by atoms with E-state index in [1.165, 1.54) is 11.0 Å². The highest BCUT2D eigenvalue weighted by Gasteiger charge is 2.13. The topological polar surface area (TPSA) is 53.1 Å². The van der Waals surface area contributed by atoms with E-state index < -0.39 is 7.55 Å². The summed E-state index contributed by atoms with van der Waals surface area (Å²) in [6, 6.07) is 16.7. The zero-order valence-corrected chi connectivity index (χ0v) is 18.4. The third-order valence-electron chi connectivity index (χ3n) is 5.09. The van der Waals surface area contributed by atoms with Crippen LogP contribution in [0.4, 0.5) is 28.8 Å². The highest BCUT2D eigenvalue weighted by atomic mass is 31.1. The first-order chi connectivity index (χ1) is 14.6. The maximum absolute atomic E-state index is 4.71. The van der Waals surface area contributed by atoms with Crippen LogP contribution in [0, 0.1) is 6.92 Å². The van der Waals surface area contributed by atoms with E-state index in [9.17, 15) is 0 Å². The van der Waals surface area contributed by atoms with Gasteiger partial charge in [-0.05, 0) is 49.7 Å². The van der Waals surface area contributed by atoms with Gasteiger partial charge in [0.25, 0.3) is 0 Å². The fourth-order valence-electron chi connectivity index (χ4n) is 3.43. The van der Waals surface area contributed by atoms with Crippen LogP contribution in [0.1, 0.15) is 12.0 Å². The molecule has 3 aromatic rings. The smallest absolute Gasteiger partial charge is 0.229 e. The quantitative estimate of drug-likeness (QED) is 0.427. The molecule has 0 saturated carbocycles. The zero-order chi connectivity index (χ0) is 20.9. The number of benzene rings is 2. The van der Waals surface area contributed by atoms with Gasteiger partial charge in [-0.1, -0.05) is 24.3 Å². The minimum absolute atomic E-state index is 0.458. The molecule has 30 heavy (non-hydrogen) atoms. The van der Waals surface area contributed by atoms with Crippen molar-refractivity contribution in [2.75, 3.05) is 35.3 Å². The van der Waals surface area contributed by atoms with Crippen molar-refractivity contribution in [3.05, 3.63) is 72.4 Å². The maximum Gasteiger partial charge on any atom is 0.229 e. The first-order valence-corrected chi connectivity index (χ1v) is 12.1.